The van der Waals surface area contributed by atoms with Gasteiger partial charge in [0.2, 0.25) is 10.0 Å². The van der Waals surface area contributed by atoms with E-state index < -0.39 is 15.9 Å². The minimum Gasteiger partial charge on any atom is -0.351 e. The van der Waals surface area contributed by atoms with Gasteiger partial charge in [-0.1, -0.05) is 35.9 Å². The average molecular weight is 414 g/mol. The minimum absolute atomic E-state index is 0.138. The quantitative estimate of drug-likeness (QED) is 0.486. The van der Waals surface area contributed by atoms with Gasteiger partial charge in [-0.05, 0) is 37.6 Å². The molecule has 0 fully saturated rings. The van der Waals surface area contributed by atoms with Gasteiger partial charge in [-0.15, -0.1) is 0 Å². The summed E-state index contributed by atoms with van der Waals surface area (Å²) < 4.78 is 28.2. The van der Waals surface area contributed by atoms with Crippen molar-refractivity contribution < 1.29 is 13.2 Å². The molecule has 3 N–H and O–H groups in total. The number of aromatic amines is 1. The number of hydrogen-bond acceptors (Lipinski definition) is 4. The first-order valence-electron chi connectivity index (χ1n) is 9.09. The van der Waals surface area contributed by atoms with E-state index in [4.69, 9.17) is 0 Å². The number of benzene rings is 2. The van der Waals surface area contributed by atoms with Crippen LogP contribution in [0.3, 0.4) is 0 Å². The Morgan fingerprint density at radius 3 is 2.41 bits per heavy atom. The molecule has 2 aromatic carbocycles. The van der Waals surface area contributed by atoms with E-state index in [0.29, 0.717) is 12.1 Å². The molecule has 0 atom stereocenters. The fourth-order valence-electron chi connectivity index (χ4n) is 2.67. The fourth-order valence-corrected chi connectivity index (χ4v) is 3.75. The number of H-pyrrole nitrogens is 1. The zero-order valence-corrected chi connectivity index (χ0v) is 16.7. The van der Waals surface area contributed by atoms with Crippen molar-refractivity contribution in [1.82, 2.24) is 19.8 Å². The van der Waals surface area contributed by atoms with Gasteiger partial charge in [0, 0.05) is 19.2 Å². The molecule has 0 radical (unpaired) electrons. The number of rotatable bonds is 8. The first-order valence-corrected chi connectivity index (χ1v) is 10.6. The molecule has 8 nitrogen and oxygen atoms in total. The number of amides is 1. The standard InChI is InChI=1S/C20H22N4O4S/c1-15-8-10-17(11-9-15)29(27,28)22-13-5-12-21-20(26)18-14-19(25)24(23-18)16-6-3-2-4-7-16/h2-4,6-11,14,22-23H,5,12-13H2,1H3,(H,21,26). The number of nitrogens with zero attached hydrogens (tertiary/aromatic N) is 1. The highest BCUT2D eigenvalue weighted by Gasteiger charge is 2.14. The summed E-state index contributed by atoms with van der Waals surface area (Å²) >= 11 is 0. The summed E-state index contributed by atoms with van der Waals surface area (Å²) in [6.07, 6.45) is 0.403. The number of carbonyl (C=O) groups excluding carboxylic acids is 1. The average Bonchev–Trinajstić information content (AvgIpc) is 3.10. The number of nitrogens with one attached hydrogen (secondary N) is 3. The van der Waals surface area contributed by atoms with E-state index in [1.807, 2.05) is 13.0 Å². The van der Waals surface area contributed by atoms with Gasteiger partial charge >= 0.3 is 0 Å². The molecule has 1 aromatic heterocycles. The number of carbonyl (C=O) groups is 1. The Morgan fingerprint density at radius 1 is 1.03 bits per heavy atom. The largest absolute Gasteiger partial charge is 0.351 e. The summed E-state index contributed by atoms with van der Waals surface area (Å²) in [5.41, 5.74) is 1.40. The van der Waals surface area contributed by atoms with Gasteiger partial charge in [0.1, 0.15) is 5.69 Å². The predicted molar refractivity (Wildman–Crippen MR) is 110 cm³/mol. The van der Waals surface area contributed by atoms with Crippen molar-refractivity contribution in [1.29, 1.82) is 0 Å². The molecule has 0 aliphatic rings. The molecule has 152 valence electrons. The highest BCUT2D eigenvalue weighted by atomic mass is 32.2. The van der Waals surface area contributed by atoms with Crippen LogP contribution in [0.1, 0.15) is 22.5 Å². The zero-order chi connectivity index (χ0) is 20.9. The molecule has 0 aliphatic heterocycles. The van der Waals surface area contributed by atoms with Crippen LogP contribution in [-0.2, 0) is 10.0 Å². The molecule has 0 saturated carbocycles. The summed E-state index contributed by atoms with van der Waals surface area (Å²) in [6, 6.07) is 16.7. The van der Waals surface area contributed by atoms with Gasteiger partial charge in [0.25, 0.3) is 11.5 Å². The van der Waals surface area contributed by atoms with Crippen LogP contribution in [0, 0.1) is 6.92 Å². The first-order chi connectivity index (χ1) is 13.9. The molecule has 0 saturated heterocycles. The summed E-state index contributed by atoms with van der Waals surface area (Å²) in [5, 5.41) is 5.44. The number of sulfonamides is 1. The number of aryl methyl sites for hydroxylation is 1. The molecule has 0 aliphatic carbocycles. The zero-order valence-electron chi connectivity index (χ0n) is 15.9. The van der Waals surface area contributed by atoms with Crippen LogP contribution in [-0.4, -0.2) is 37.2 Å². The van der Waals surface area contributed by atoms with E-state index in [2.05, 4.69) is 15.1 Å². The number of hydrogen-bond donors (Lipinski definition) is 3. The lowest BCUT2D eigenvalue weighted by molar-refractivity contribution is 0.0948. The van der Waals surface area contributed by atoms with E-state index in [9.17, 15) is 18.0 Å². The van der Waals surface area contributed by atoms with Crippen molar-refractivity contribution in [2.45, 2.75) is 18.2 Å². The van der Waals surface area contributed by atoms with E-state index in [1.54, 1.807) is 48.5 Å². The third-order valence-electron chi connectivity index (χ3n) is 4.24. The van der Waals surface area contributed by atoms with E-state index >= 15 is 0 Å². The van der Waals surface area contributed by atoms with Crippen molar-refractivity contribution >= 4 is 15.9 Å². The summed E-state index contributed by atoms with van der Waals surface area (Å²) in [5.74, 6) is -0.432. The van der Waals surface area contributed by atoms with E-state index in [0.717, 1.165) is 5.56 Å². The van der Waals surface area contributed by atoms with Crippen molar-refractivity contribution in [3.8, 4) is 5.69 Å². The molecule has 29 heavy (non-hydrogen) atoms. The molecule has 3 rings (SSSR count). The lowest BCUT2D eigenvalue weighted by Crippen LogP contribution is -2.30. The second-order valence-corrected chi connectivity index (χ2v) is 8.27. The Kier molecular flexibility index (Phi) is 6.30. The molecule has 3 aromatic rings. The summed E-state index contributed by atoms with van der Waals surface area (Å²) in [4.78, 5) is 24.5. The molecule has 0 unspecified atom stereocenters. The smallest absolute Gasteiger partial charge is 0.271 e. The molecule has 1 amide bonds. The maximum atomic E-state index is 12.2. The van der Waals surface area contributed by atoms with Gasteiger partial charge in [-0.2, -0.15) is 0 Å². The molecular weight excluding hydrogens is 392 g/mol. The molecule has 0 bridgehead atoms. The van der Waals surface area contributed by atoms with Gasteiger partial charge in [-0.3, -0.25) is 14.7 Å². The van der Waals surface area contributed by atoms with Crippen molar-refractivity contribution in [3.63, 3.8) is 0 Å². The van der Waals surface area contributed by atoms with Crippen molar-refractivity contribution in [2.24, 2.45) is 0 Å². The van der Waals surface area contributed by atoms with Crippen LogP contribution in [0.25, 0.3) is 5.69 Å². The van der Waals surface area contributed by atoms with Crippen molar-refractivity contribution in [3.05, 3.63) is 82.3 Å². The predicted octanol–water partition coefficient (Wildman–Crippen LogP) is 1.57. The van der Waals surface area contributed by atoms with Gasteiger partial charge in [0.15, 0.2) is 0 Å². The molecular formula is C20H22N4O4S. The van der Waals surface area contributed by atoms with E-state index in [1.165, 1.54) is 10.7 Å². The van der Waals surface area contributed by atoms with Crippen LogP contribution in [0.2, 0.25) is 0 Å². The molecule has 0 spiro atoms. The van der Waals surface area contributed by atoms with Crippen LogP contribution >= 0.6 is 0 Å². The number of aromatic nitrogens is 2. The second-order valence-electron chi connectivity index (χ2n) is 6.50. The van der Waals surface area contributed by atoms with Gasteiger partial charge in [0.05, 0.1) is 10.6 Å². The topological polar surface area (TPSA) is 113 Å². The maximum absolute atomic E-state index is 12.2. The molecule has 1 heterocycles. The Bertz CT molecular complexity index is 1130. The van der Waals surface area contributed by atoms with Crippen LogP contribution in [0.15, 0.2) is 70.4 Å². The lowest BCUT2D eigenvalue weighted by atomic mass is 10.2. The third kappa shape index (κ3) is 5.21. The highest BCUT2D eigenvalue weighted by Crippen LogP contribution is 2.09. The summed E-state index contributed by atoms with van der Waals surface area (Å²) in [7, 11) is -3.58. The Hall–Kier alpha value is -3.17. The van der Waals surface area contributed by atoms with Crippen LogP contribution in [0.5, 0.6) is 0 Å². The summed E-state index contributed by atoms with van der Waals surface area (Å²) in [6.45, 7) is 2.32. The Morgan fingerprint density at radius 2 is 1.72 bits per heavy atom. The maximum Gasteiger partial charge on any atom is 0.271 e. The Balaban J connectivity index is 1.49. The van der Waals surface area contributed by atoms with Gasteiger partial charge < -0.3 is 5.32 Å². The highest BCUT2D eigenvalue weighted by molar-refractivity contribution is 7.89. The second kappa shape index (κ2) is 8.89. The SMILES string of the molecule is Cc1ccc(S(=O)(=O)NCCCNC(=O)c2cc(=O)n(-c3ccccc3)[nH]2)cc1. The van der Waals surface area contributed by atoms with Crippen molar-refractivity contribution in [2.75, 3.05) is 13.1 Å². The van der Waals surface area contributed by atoms with Crippen LogP contribution in [0.4, 0.5) is 0 Å². The molecule has 9 heteroatoms. The lowest BCUT2D eigenvalue weighted by Gasteiger charge is -2.08. The normalized spacial score (nSPS) is 11.3. The van der Waals surface area contributed by atoms with Crippen LogP contribution < -0.4 is 15.6 Å². The number of para-hydroxylation sites is 1. The first kappa shape index (κ1) is 20.6. The van der Waals surface area contributed by atoms with Gasteiger partial charge in [-0.25, -0.2) is 17.8 Å². The monoisotopic (exact) mass is 414 g/mol. The minimum atomic E-state index is -3.58. The third-order valence-corrected chi connectivity index (χ3v) is 5.72. The Labute approximate surface area is 168 Å². The fraction of sp³-hybridized carbons (Fsp3) is 0.200. The van der Waals surface area contributed by atoms with E-state index in [-0.39, 0.29) is 29.2 Å².